The molecule has 0 aliphatic carbocycles. The number of alkyl halides is 1. The van der Waals surface area contributed by atoms with E-state index >= 15 is 4.79 Å². The molecule has 8 aliphatic heterocycles. The third-order valence-corrected chi connectivity index (χ3v) is 36.7. The van der Waals surface area contributed by atoms with Gasteiger partial charge in [-0.3, -0.25) is 9.59 Å². The monoisotopic (exact) mass is 1360 g/mol. The summed E-state index contributed by atoms with van der Waals surface area (Å²) in [6.45, 7) is 49.2. The fourth-order valence-electron chi connectivity index (χ4n) is 13.2. The first-order valence-corrected chi connectivity index (χ1v) is 43.3. The normalized spacial score (nSPS) is 36.5. The van der Waals surface area contributed by atoms with Crippen LogP contribution in [0.1, 0.15) is 191 Å². The summed E-state index contributed by atoms with van der Waals surface area (Å²) in [5, 5.41) is -0.525. The molecule has 1 aromatic carbocycles. The smallest absolute Gasteiger partial charge is 0.338 e. The van der Waals surface area contributed by atoms with Crippen molar-refractivity contribution in [2.45, 2.75) is 326 Å². The SMILES string of the molecule is C=C1[C@H](C)CC2CC[C@@H]3O[C@@H](CCC(OC(=O)c4ccccc4)/C=C/[C@H](O[Si](C)(C)C(C)(C)C)[C@@H]4O[C@H]5CCC(CC(=O)C[C@@H]6[C@@H](C)[C@@H](C[C@H](C)CC)O[C@H]6C[C@H]1OC(C)=O)O[C@@H]5[C@H](O[Si](C)(C)C(C)(C)C)[C@@H]4O[Si](C)(C)C(C)(C)C)C[C@]3(CI)O2. The van der Waals surface area contributed by atoms with Crippen LogP contribution in [0.4, 0.5) is 0 Å². The van der Waals surface area contributed by atoms with Gasteiger partial charge in [0.2, 0.25) is 0 Å². The van der Waals surface area contributed by atoms with E-state index in [0.717, 1.165) is 35.7 Å². The first kappa shape index (κ1) is 71.8. The predicted octanol–water partition coefficient (Wildman–Crippen LogP) is 16.3. The molecule has 3 unspecified atom stereocenters. The number of carbonyl (C=O) groups is 3. The summed E-state index contributed by atoms with van der Waals surface area (Å²) in [5.74, 6) is -0.234. The van der Waals surface area contributed by atoms with Crippen molar-refractivity contribution in [3.63, 3.8) is 0 Å². The minimum atomic E-state index is -2.64. The molecule has 0 amide bonds. The number of rotatable bonds is 13. The first-order chi connectivity index (χ1) is 39.9. The van der Waals surface area contributed by atoms with Gasteiger partial charge >= 0.3 is 11.9 Å². The van der Waals surface area contributed by atoms with Gasteiger partial charge in [0.1, 0.15) is 48.0 Å². The van der Waals surface area contributed by atoms with Crippen LogP contribution in [0.25, 0.3) is 0 Å². The Kier molecular flexibility index (Phi) is 24.0. The Hall–Kier alpha value is -1.63. The topological polar surface area (TPSA) is 144 Å². The van der Waals surface area contributed by atoms with Crippen LogP contribution in [0.5, 0.6) is 0 Å². The molecule has 8 aliphatic rings. The van der Waals surface area contributed by atoms with E-state index in [1.54, 1.807) is 12.1 Å². The lowest BCUT2D eigenvalue weighted by molar-refractivity contribution is -0.266. The Bertz CT molecular complexity index is 2470. The molecule has 5 saturated heterocycles. The van der Waals surface area contributed by atoms with Crippen molar-refractivity contribution in [1.82, 2.24) is 0 Å². The third kappa shape index (κ3) is 17.3. The molecular weight excluding hydrogens is 1250 g/mol. The van der Waals surface area contributed by atoms with E-state index in [1.807, 2.05) is 24.3 Å². The molecule has 0 radical (unpaired) electrons. The van der Waals surface area contributed by atoms with Crippen LogP contribution in [0, 0.1) is 23.7 Å². The van der Waals surface area contributed by atoms with Crippen molar-refractivity contribution < 1.29 is 60.8 Å². The maximum absolute atomic E-state index is 15.0. The lowest BCUT2D eigenvalue weighted by atomic mass is 9.79. The number of hydrogen-bond donors (Lipinski definition) is 0. The summed E-state index contributed by atoms with van der Waals surface area (Å²) in [6, 6.07) is 9.21. The molecule has 13 nitrogen and oxygen atoms in total. The number of Topliss-reactive ketones (excluding diaryl/α,β-unsaturated/α-hetero) is 1. The highest BCUT2D eigenvalue weighted by Gasteiger charge is 2.59. The highest BCUT2D eigenvalue weighted by molar-refractivity contribution is 14.1. The van der Waals surface area contributed by atoms with E-state index in [4.69, 9.17) is 46.4 Å². The average molecular weight is 1360 g/mol. The summed E-state index contributed by atoms with van der Waals surface area (Å²) >= 11 is 2.47. The Balaban J connectivity index is 1.36. The maximum atomic E-state index is 15.0. The van der Waals surface area contributed by atoms with Crippen molar-refractivity contribution in [2.24, 2.45) is 23.7 Å². The number of halogens is 1. The zero-order chi connectivity index (χ0) is 63.7. The van der Waals surface area contributed by atoms with Gasteiger partial charge in [0.15, 0.2) is 25.0 Å². The van der Waals surface area contributed by atoms with Gasteiger partial charge in [-0.05, 0) is 153 Å². The van der Waals surface area contributed by atoms with Crippen LogP contribution >= 0.6 is 22.6 Å². The second-order valence-corrected chi connectivity index (χ2v) is 46.7. The molecule has 0 N–H and O–H groups in total. The number of ketones is 1. The van der Waals surface area contributed by atoms with Gasteiger partial charge in [-0.2, -0.15) is 0 Å². The quantitative estimate of drug-likeness (QED) is 0.0608. The molecule has 86 heavy (non-hydrogen) atoms. The molecular formula is C69H115IO13Si3. The molecule has 8 heterocycles. The Morgan fingerprint density at radius 2 is 1.30 bits per heavy atom. The van der Waals surface area contributed by atoms with Gasteiger partial charge in [-0.25, -0.2) is 4.79 Å². The van der Waals surface area contributed by atoms with Gasteiger partial charge < -0.3 is 46.4 Å². The Morgan fingerprint density at radius 3 is 1.90 bits per heavy atom. The summed E-state index contributed by atoms with van der Waals surface area (Å²) in [5.41, 5.74) is 0.822. The summed E-state index contributed by atoms with van der Waals surface area (Å²) in [7, 11) is -7.84. The summed E-state index contributed by atoms with van der Waals surface area (Å²) < 4.78 is 73.3. The number of benzene rings is 1. The van der Waals surface area contributed by atoms with Crippen LogP contribution in [-0.2, 0) is 56.0 Å². The summed E-state index contributed by atoms with van der Waals surface area (Å²) in [4.78, 5) is 42.3. The molecule has 488 valence electrons. The van der Waals surface area contributed by atoms with Crippen LogP contribution in [0.15, 0.2) is 54.6 Å². The molecule has 5 fully saturated rings. The Labute approximate surface area is 536 Å². The van der Waals surface area contributed by atoms with Gasteiger partial charge in [0, 0.05) is 37.0 Å². The second kappa shape index (κ2) is 28.7. The van der Waals surface area contributed by atoms with Gasteiger partial charge in [0.05, 0.1) is 54.4 Å². The molecule has 7 bridgehead atoms. The van der Waals surface area contributed by atoms with Crippen molar-refractivity contribution in [2.75, 3.05) is 4.43 Å². The van der Waals surface area contributed by atoms with Crippen molar-refractivity contribution in [1.29, 1.82) is 0 Å². The number of fused-ring (bicyclic) bond motifs is 2. The summed E-state index contributed by atoms with van der Waals surface area (Å²) in [6.07, 6.45) is 6.86. The number of carbonyl (C=O) groups excluding carboxylic acids is 3. The average Bonchev–Trinajstić information content (AvgIpc) is 0.909. The minimum absolute atomic E-state index is 0.0400. The van der Waals surface area contributed by atoms with E-state index in [-0.39, 0.29) is 87.7 Å². The third-order valence-electron chi connectivity index (χ3n) is 22.0. The van der Waals surface area contributed by atoms with E-state index in [9.17, 15) is 9.59 Å². The van der Waals surface area contributed by atoms with Crippen LogP contribution in [0.2, 0.25) is 54.4 Å². The Morgan fingerprint density at radius 1 is 0.709 bits per heavy atom. The molecule has 0 saturated carbocycles. The fourth-order valence-corrected chi connectivity index (χ4v) is 18.0. The van der Waals surface area contributed by atoms with Crippen LogP contribution in [-0.4, -0.2) is 138 Å². The fraction of sp³-hybridized carbons (Fsp3) is 0.812. The highest BCUT2D eigenvalue weighted by atomic mass is 127. The zero-order valence-corrected chi connectivity index (χ0v) is 61.9. The highest BCUT2D eigenvalue weighted by Crippen LogP contribution is 2.50. The largest absolute Gasteiger partial charge is 0.458 e. The first-order valence-electron chi connectivity index (χ1n) is 33.1. The van der Waals surface area contributed by atoms with Crippen molar-refractivity contribution in [3.8, 4) is 0 Å². The lowest BCUT2D eigenvalue weighted by Crippen LogP contribution is -2.69. The maximum Gasteiger partial charge on any atom is 0.338 e. The number of hydrogen-bond acceptors (Lipinski definition) is 13. The predicted molar refractivity (Wildman–Crippen MR) is 359 cm³/mol. The molecule has 0 spiro atoms. The van der Waals surface area contributed by atoms with Gasteiger partial charge in [-0.1, -0.05) is 150 Å². The van der Waals surface area contributed by atoms with Crippen molar-refractivity contribution in [3.05, 3.63) is 60.2 Å². The zero-order valence-electron chi connectivity index (χ0n) is 56.7. The van der Waals surface area contributed by atoms with Crippen LogP contribution < -0.4 is 0 Å². The van der Waals surface area contributed by atoms with E-state index in [1.165, 1.54) is 6.92 Å². The van der Waals surface area contributed by atoms with E-state index < -0.39 is 85.4 Å². The van der Waals surface area contributed by atoms with Gasteiger partial charge in [-0.15, -0.1) is 0 Å². The molecule has 9 rings (SSSR count). The molecule has 0 aromatic heterocycles. The number of ether oxygens (including phenoxy) is 7. The number of esters is 2. The standard InChI is InChI=1S/C69H115IO13Si3/c1-22-43(2)36-57-46(5)54-39-49(72)38-51-31-33-55-61(76-51)63(82-85(18,19)67(10,11)12)64(83-86(20,21)68(13,14)15)62(79-55)56(81-84(16,17)66(7,8)9)34-30-50(77-65(73)48-26-24-23-25-27-48)28-29-53-41-69(42-70)60(75-53)35-32-52(80-69)37-44(3)45(4)58(74-47(6)71)40-59(54)78-57/h23-27,30,34,43-44,46,50-64H,4,22,28-29,31-33,35-42H2,1-3,5-21H3/b34-30+/t43-,44-,46-,50?,51?,52?,53+,54-,55+,56+,57-,58-,59+,60+,61+,62+,63+,64-,69-/m1/s1. The molecule has 19 atom stereocenters. The van der Waals surface area contributed by atoms with E-state index in [0.29, 0.717) is 62.8 Å². The molecule has 17 heteroatoms. The van der Waals surface area contributed by atoms with Crippen LogP contribution in [0.3, 0.4) is 0 Å². The van der Waals surface area contributed by atoms with Crippen molar-refractivity contribution >= 4 is 65.3 Å². The molecule has 1 aromatic rings. The van der Waals surface area contributed by atoms with Gasteiger partial charge in [0.25, 0.3) is 0 Å². The lowest BCUT2D eigenvalue weighted by Gasteiger charge is -2.56. The van der Waals surface area contributed by atoms with E-state index in [2.05, 4.69) is 165 Å². The second-order valence-electron chi connectivity index (χ2n) is 31.7. The minimum Gasteiger partial charge on any atom is -0.458 e.